The van der Waals surface area contributed by atoms with E-state index >= 15 is 0 Å². The van der Waals surface area contributed by atoms with E-state index in [0.29, 0.717) is 18.8 Å². The van der Waals surface area contributed by atoms with Crippen molar-refractivity contribution in [1.82, 2.24) is 28.2 Å². The van der Waals surface area contributed by atoms with Crippen molar-refractivity contribution in [3.8, 4) is 5.69 Å². The Hall–Kier alpha value is -4.77. The van der Waals surface area contributed by atoms with Crippen molar-refractivity contribution in [3.63, 3.8) is 0 Å². The molecule has 0 radical (unpaired) electrons. The lowest BCUT2D eigenvalue weighted by Gasteiger charge is -2.13. The van der Waals surface area contributed by atoms with Gasteiger partial charge in [-0.15, -0.1) is 0 Å². The Morgan fingerprint density at radius 1 is 1.00 bits per heavy atom. The molecule has 1 N–H and O–H groups in total. The number of methoxy groups -OCH3 is 1. The molecule has 0 aliphatic carbocycles. The molecule has 3 heterocycles. The van der Waals surface area contributed by atoms with Gasteiger partial charge in [-0.1, -0.05) is 30.3 Å². The number of nitrogens with zero attached hydrogens (tertiary/aromatic N) is 6. The van der Waals surface area contributed by atoms with Crippen LogP contribution in [0.1, 0.15) is 5.56 Å². The molecule has 37 heavy (non-hydrogen) atoms. The van der Waals surface area contributed by atoms with Gasteiger partial charge in [-0.2, -0.15) is 0 Å². The third-order valence-corrected chi connectivity index (χ3v) is 5.96. The van der Waals surface area contributed by atoms with E-state index in [9.17, 15) is 14.4 Å². The molecule has 11 nitrogen and oxygen atoms in total. The maximum absolute atomic E-state index is 13.5. The summed E-state index contributed by atoms with van der Waals surface area (Å²) in [5, 5.41) is 2.76. The van der Waals surface area contributed by atoms with E-state index in [1.54, 1.807) is 36.3 Å². The highest BCUT2D eigenvalue weighted by molar-refractivity contribution is 5.90. The van der Waals surface area contributed by atoms with Gasteiger partial charge in [-0.05, 0) is 29.8 Å². The summed E-state index contributed by atoms with van der Waals surface area (Å²) in [5.41, 5.74) is 1.60. The Bertz CT molecular complexity index is 1630. The lowest BCUT2D eigenvalue weighted by molar-refractivity contribution is -0.116. The number of nitrogens with one attached hydrogen (secondary N) is 1. The number of carbonyl (C=O) groups is 1. The molecular weight excluding hydrogens is 474 g/mol. The summed E-state index contributed by atoms with van der Waals surface area (Å²) in [7, 11) is 1.56. The van der Waals surface area contributed by atoms with Gasteiger partial charge in [0.25, 0.3) is 5.56 Å². The molecule has 0 fully saturated rings. The minimum absolute atomic E-state index is 0.203. The average molecular weight is 500 g/mol. The second-order valence-corrected chi connectivity index (χ2v) is 8.41. The molecule has 188 valence electrons. The first-order valence-electron chi connectivity index (χ1n) is 11.6. The summed E-state index contributed by atoms with van der Waals surface area (Å²) in [6, 6.07) is 16.5. The molecule has 0 atom stereocenters. The monoisotopic (exact) mass is 499 g/mol. The number of hydrogen-bond acceptors (Lipinski definition) is 6. The van der Waals surface area contributed by atoms with Gasteiger partial charge in [0, 0.05) is 37.4 Å². The second-order valence-electron chi connectivity index (χ2n) is 8.41. The van der Waals surface area contributed by atoms with Crippen molar-refractivity contribution in [2.24, 2.45) is 0 Å². The zero-order chi connectivity index (χ0) is 25.8. The van der Waals surface area contributed by atoms with E-state index in [4.69, 9.17) is 4.74 Å². The van der Waals surface area contributed by atoms with Crippen LogP contribution in [0.15, 0.2) is 89.2 Å². The minimum atomic E-state index is -0.607. The fourth-order valence-electron chi connectivity index (χ4n) is 4.12. The fraction of sp³-hybridized carbons (Fsp3) is 0.192. The zero-order valence-corrected chi connectivity index (χ0v) is 20.2. The Kier molecular flexibility index (Phi) is 6.77. The van der Waals surface area contributed by atoms with Gasteiger partial charge in [0.15, 0.2) is 11.2 Å². The Morgan fingerprint density at radius 2 is 1.78 bits per heavy atom. The summed E-state index contributed by atoms with van der Waals surface area (Å²) in [6.45, 7) is 0.496. The first-order chi connectivity index (χ1) is 18.0. The lowest BCUT2D eigenvalue weighted by atomic mass is 10.2. The molecule has 0 aliphatic rings. The van der Waals surface area contributed by atoms with Crippen LogP contribution in [0, 0.1) is 0 Å². The molecule has 0 unspecified atom stereocenters. The Morgan fingerprint density at radius 3 is 2.49 bits per heavy atom. The summed E-state index contributed by atoms with van der Waals surface area (Å²) in [6.07, 6.45) is 6.68. The average Bonchev–Trinajstić information content (AvgIpc) is 3.60. The summed E-state index contributed by atoms with van der Waals surface area (Å²) < 4.78 is 11.0. The van der Waals surface area contributed by atoms with Crippen molar-refractivity contribution in [2.75, 3.05) is 19.0 Å². The van der Waals surface area contributed by atoms with Gasteiger partial charge in [0.05, 0.1) is 25.8 Å². The number of carbonyl (C=O) groups excluding carboxylic acids is 1. The number of amides is 1. The van der Waals surface area contributed by atoms with E-state index in [0.717, 1.165) is 15.8 Å². The van der Waals surface area contributed by atoms with Crippen molar-refractivity contribution < 1.29 is 9.53 Å². The van der Waals surface area contributed by atoms with Crippen molar-refractivity contribution in [3.05, 3.63) is 106 Å². The number of imidazole rings is 2. The maximum atomic E-state index is 13.5. The van der Waals surface area contributed by atoms with Gasteiger partial charge in [-0.3, -0.25) is 14.2 Å². The predicted molar refractivity (Wildman–Crippen MR) is 138 cm³/mol. The lowest BCUT2D eigenvalue weighted by Crippen LogP contribution is -2.43. The van der Waals surface area contributed by atoms with Crippen LogP contribution >= 0.6 is 0 Å². The third kappa shape index (κ3) is 4.98. The SMILES string of the molecule is COCCn1cnc2c1c(=O)n(CC(=O)Nc1ccc(-n3ccnc3)cc1)c(=O)n2Cc1ccccc1. The van der Waals surface area contributed by atoms with Crippen LogP contribution in [0.3, 0.4) is 0 Å². The Labute approximate surface area is 211 Å². The van der Waals surface area contributed by atoms with Crippen LogP contribution < -0.4 is 16.6 Å². The summed E-state index contributed by atoms with van der Waals surface area (Å²) in [4.78, 5) is 48.2. The largest absolute Gasteiger partial charge is 0.383 e. The van der Waals surface area contributed by atoms with E-state index < -0.39 is 23.7 Å². The number of aromatic nitrogens is 6. The molecular formula is C26H25N7O4. The van der Waals surface area contributed by atoms with E-state index in [1.165, 1.54) is 10.9 Å². The van der Waals surface area contributed by atoms with Gasteiger partial charge >= 0.3 is 5.69 Å². The van der Waals surface area contributed by atoms with Gasteiger partial charge in [-0.25, -0.2) is 19.3 Å². The zero-order valence-electron chi connectivity index (χ0n) is 20.2. The topological polar surface area (TPSA) is 118 Å². The predicted octanol–water partition coefficient (Wildman–Crippen LogP) is 1.88. The molecule has 1 amide bonds. The minimum Gasteiger partial charge on any atom is -0.383 e. The van der Waals surface area contributed by atoms with Crippen molar-refractivity contribution >= 4 is 22.8 Å². The quantitative estimate of drug-likeness (QED) is 0.331. The smallest absolute Gasteiger partial charge is 0.333 e. The van der Waals surface area contributed by atoms with E-state index in [-0.39, 0.29) is 17.7 Å². The van der Waals surface area contributed by atoms with Crippen LogP contribution in [0.5, 0.6) is 0 Å². The molecule has 0 saturated heterocycles. The van der Waals surface area contributed by atoms with Crippen molar-refractivity contribution in [2.45, 2.75) is 19.6 Å². The molecule has 3 aromatic heterocycles. The number of rotatable bonds is 9. The van der Waals surface area contributed by atoms with E-state index in [2.05, 4.69) is 15.3 Å². The number of fused-ring (bicyclic) bond motifs is 1. The van der Waals surface area contributed by atoms with Crippen LogP contribution in [-0.4, -0.2) is 47.9 Å². The van der Waals surface area contributed by atoms with Gasteiger partial charge < -0.3 is 19.2 Å². The van der Waals surface area contributed by atoms with Crippen molar-refractivity contribution in [1.29, 1.82) is 0 Å². The molecule has 0 aliphatic heterocycles. The number of benzene rings is 2. The first-order valence-corrected chi connectivity index (χ1v) is 11.6. The fourth-order valence-corrected chi connectivity index (χ4v) is 4.12. The van der Waals surface area contributed by atoms with Crippen LogP contribution in [0.25, 0.3) is 16.9 Å². The van der Waals surface area contributed by atoms with Crippen LogP contribution in [-0.2, 0) is 29.2 Å². The summed E-state index contributed by atoms with van der Waals surface area (Å²) in [5.74, 6) is -0.497. The standard InChI is InChI=1S/C26H25N7O4/c1-37-14-13-31-18-28-24-23(31)25(35)33(26(36)32(24)15-19-5-3-2-4-6-19)16-22(34)29-20-7-9-21(10-8-20)30-12-11-27-17-30/h2-12,17-18H,13-16H2,1H3,(H,29,34). The van der Waals surface area contributed by atoms with Crippen LogP contribution in [0.4, 0.5) is 5.69 Å². The van der Waals surface area contributed by atoms with Gasteiger partial charge in [0.2, 0.25) is 5.91 Å². The molecule has 11 heteroatoms. The molecule has 0 saturated carbocycles. The highest BCUT2D eigenvalue weighted by Crippen LogP contribution is 2.14. The first kappa shape index (κ1) is 23.9. The molecule has 2 aromatic carbocycles. The highest BCUT2D eigenvalue weighted by atomic mass is 16.5. The Balaban J connectivity index is 1.47. The maximum Gasteiger partial charge on any atom is 0.333 e. The normalized spacial score (nSPS) is 11.2. The summed E-state index contributed by atoms with van der Waals surface area (Å²) >= 11 is 0. The van der Waals surface area contributed by atoms with E-state index in [1.807, 2.05) is 53.2 Å². The molecule has 0 bridgehead atoms. The highest BCUT2D eigenvalue weighted by Gasteiger charge is 2.20. The second kappa shape index (κ2) is 10.5. The number of ether oxygens (including phenoxy) is 1. The number of anilines is 1. The molecule has 5 aromatic rings. The van der Waals surface area contributed by atoms with Crippen LogP contribution in [0.2, 0.25) is 0 Å². The van der Waals surface area contributed by atoms with Gasteiger partial charge in [0.1, 0.15) is 6.54 Å². The number of hydrogen-bond donors (Lipinski definition) is 1. The third-order valence-electron chi connectivity index (χ3n) is 5.96. The molecule has 5 rings (SSSR count). The molecule has 0 spiro atoms.